The van der Waals surface area contributed by atoms with Gasteiger partial charge in [-0.15, -0.1) is 11.3 Å². The second kappa shape index (κ2) is 5.91. The molecule has 2 N–H and O–H groups in total. The Morgan fingerprint density at radius 2 is 2.41 bits per heavy atom. The molecule has 0 bridgehead atoms. The Morgan fingerprint density at radius 1 is 1.59 bits per heavy atom. The van der Waals surface area contributed by atoms with Gasteiger partial charge in [0, 0.05) is 30.4 Å². The molecule has 1 saturated heterocycles. The quantitative estimate of drug-likeness (QED) is 0.895. The maximum Gasteiger partial charge on any atom is 0.317 e. The molecule has 6 heteroatoms. The first-order chi connectivity index (χ1) is 10.5. The van der Waals surface area contributed by atoms with Crippen molar-refractivity contribution >= 4 is 23.3 Å². The smallest absolute Gasteiger partial charge is 0.317 e. The number of carbonyl (C=O) groups excluding carboxylic acids is 1. The Balaban J connectivity index is 1.58. The van der Waals surface area contributed by atoms with E-state index in [1.807, 2.05) is 18.4 Å². The summed E-state index contributed by atoms with van der Waals surface area (Å²) in [6.45, 7) is 2.91. The van der Waals surface area contributed by atoms with Gasteiger partial charge >= 0.3 is 12.0 Å². The van der Waals surface area contributed by atoms with Crippen LogP contribution in [0.2, 0.25) is 0 Å². The van der Waals surface area contributed by atoms with Crippen molar-refractivity contribution in [3.63, 3.8) is 0 Å². The maximum atomic E-state index is 12.4. The fourth-order valence-electron chi connectivity index (χ4n) is 3.88. The first kappa shape index (κ1) is 15.3. The molecule has 3 rings (SSSR count). The summed E-state index contributed by atoms with van der Waals surface area (Å²) in [5, 5.41) is 14.6. The van der Waals surface area contributed by atoms with Crippen molar-refractivity contribution in [2.45, 2.75) is 38.6 Å². The lowest BCUT2D eigenvalue weighted by Gasteiger charge is -2.24. The van der Waals surface area contributed by atoms with E-state index in [1.54, 1.807) is 16.2 Å². The van der Waals surface area contributed by atoms with Crippen LogP contribution in [0.5, 0.6) is 0 Å². The summed E-state index contributed by atoms with van der Waals surface area (Å²) in [6, 6.07) is 3.99. The van der Waals surface area contributed by atoms with Crippen LogP contribution in [-0.4, -0.2) is 41.1 Å². The second-order valence-electron chi connectivity index (χ2n) is 6.56. The maximum absolute atomic E-state index is 12.4. The number of nitrogens with one attached hydrogen (secondary N) is 1. The van der Waals surface area contributed by atoms with Crippen LogP contribution in [-0.2, 0) is 11.2 Å². The van der Waals surface area contributed by atoms with Gasteiger partial charge in [-0.2, -0.15) is 0 Å². The summed E-state index contributed by atoms with van der Waals surface area (Å²) < 4.78 is 0. The van der Waals surface area contributed by atoms with Gasteiger partial charge in [0.15, 0.2) is 0 Å². The zero-order valence-corrected chi connectivity index (χ0v) is 13.6. The van der Waals surface area contributed by atoms with Gasteiger partial charge in [0.1, 0.15) is 0 Å². The van der Waals surface area contributed by atoms with Crippen molar-refractivity contribution < 1.29 is 14.7 Å². The summed E-state index contributed by atoms with van der Waals surface area (Å²) in [5.74, 6) is -0.625. The first-order valence-electron chi connectivity index (χ1n) is 7.82. The van der Waals surface area contributed by atoms with Crippen LogP contribution in [0.15, 0.2) is 17.5 Å². The Hall–Kier alpha value is -1.56. The van der Waals surface area contributed by atoms with Gasteiger partial charge in [0.2, 0.25) is 0 Å². The van der Waals surface area contributed by atoms with Crippen LogP contribution in [0, 0.1) is 11.3 Å². The fraction of sp³-hybridized carbons (Fsp3) is 0.625. The summed E-state index contributed by atoms with van der Waals surface area (Å²) in [5.41, 5.74) is -0.700. The van der Waals surface area contributed by atoms with Gasteiger partial charge in [0.05, 0.1) is 5.41 Å². The number of fused-ring (bicyclic) bond motifs is 1. The molecule has 2 fully saturated rings. The van der Waals surface area contributed by atoms with Crippen molar-refractivity contribution in [3.05, 3.63) is 22.4 Å². The van der Waals surface area contributed by atoms with E-state index in [0.29, 0.717) is 19.5 Å². The molecule has 1 aliphatic heterocycles. The highest BCUT2D eigenvalue weighted by atomic mass is 32.1. The molecule has 2 heterocycles. The Morgan fingerprint density at radius 3 is 3.05 bits per heavy atom. The molecule has 3 atom stereocenters. The molecule has 22 heavy (non-hydrogen) atoms. The predicted octanol–water partition coefficient (Wildman–Crippen LogP) is 2.58. The standard InChI is InChI=1S/C16H22N2O3S/c1-11(8-13-5-3-7-22-13)17-15(21)18-9-12-4-2-6-16(12,10-18)14(19)20/h3,5,7,11-12H,2,4,6,8-10H2,1H3,(H,17,21)(H,19,20)/t11?,12-,16+/m0/s1. The van der Waals surface area contributed by atoms with Gasteiger partial charge in [-0.3, -0.25) is 4.79 Å². The minimum Gasteiger partial charge on any atom is -0.481 e. The van der Waals surface area contributed by atoms with Crippen LogP contribution in [0.3, 0.4) is 0 Å². The van der Waals surface area contributed by atoms with Crippen LogP contribution in [0.4, 0.5) is 4.79 Å². The zero-order valence-electron chi connectivity index (χ0n) is 12.7. The number of aliphatic carboxylic acids is 1. The van der Waals surface area contributed by atoms with E-state index in [2.05, 4.69) is 11.4 Å². The highest BCUT2D eigenvalue weighted by molar-refractivity contribution is 7.09. The normalized spacial score (nSPS) is 28.4. The summed E-state index contributed by atoms with van der Waals surface area (Å²) in [6.07, 6.45) is 3.38. The van der Waals surface area contributed by atoms with E-state index in [9.17, 15) is 14.7 Å². The summed E-state index contributed by atoms with van der Waals surface area (Å²) >= 11 is 1.68. The molecule has 1 aliphatic carbocycles. The third-order valence-electron chi connectivity index (χ3n) is 5.04. The monoisotopic (exact) mass is 322 g/mol. The highest BCUT2D eigenvalue weighted by Gasteiger charge is 2.55. The van der Waals surface area contributed by atoms with Gasteiger partial charge in [-0.25, -0.2) is 4.79 Å². The van der Waals surface area contributed by atoms with E-state index in [1.165, 1.54) is 4.88 Å². The van der Waals surface area contributed by atoms with E-state index < -0.39 is 11.4 Å². The number of carbonyl (C=O) groups is 2. The molecular formula is C16H22N2O3S. The molecule has 1 unspecified atom stereocenters. The van der Waals surface area contributed by atoms with Crippen LogP contribution >= 0.6 is 11.3 Å². The molecule has 0 spiro atoms. The number of carboxylic acids is 1. The Bertz CT molecular complexity index is 560. The van der Waals surface area contributed by atoms with E-state index in [4.69, 9.17) is 0 Å². The lowest BCUT2D eigenvalue weighted by atomic mass is 9.81. The van der Waals surface area contributed by atoms with Crippen LogP contribution in [0.25, 0.3) is 0 Å². The van der Waals surface area contributed by atoms with Crippen molar-refractivity contribution in [2.75, 3.05) is 13.1 Å². The second-order valence-corrected chi connectivity index (χ2v) is 7.60. The number of hydrogen-bond acceptors (Lipinski definition) is 3. The Labute approximate surface area is 134 Å². The molecule has 1 saturated carbocycles. The number of carboxylic acid groups (broad SMARTS) is 1. The minimum atomic E-state index is -0.739. The number of nitrogens with zero attached hydrogens (tertiary/aromatic N) is 1. The van der Waals surface area contributed by atoms with Gasteiger partial charge in [0.25, 0.3) is 0 Å². The average Bonchev–Trinajstić information content (AvgIpc) is 3.11. The summed E-state index contributed by atoms with van der Waals surface area (Å²) in [4.78, 5) is 27.0. The van der Waals surface area contributed by atoms with Crippen molar-refractivity contribution in [1.29, 1.82) is 0 Å². The van der Waals surface area contributed by atoms with Crippen LogP contribution in [0.1, 0.15) is 31.1 Å². The third kappa shape index (κ3) is 2.72. The van der Waals surface area contributed by atoms with Crippen molar-refractivity contribution in [2.24, 2.45) is 11.3 Å². The number of thiophene rings is 1. The number of rotatable bonds is 4. The number of hydrogen-bond donors (Lipinski definition) is 2. The van der Waals surface area contributed by atoms with E-state index >= 15 is 0 Å². The number of likely N-dealkylation sites (tertiary alicyclic amines) is 1. The molecule has 2 aliphatic rings. The lowest BCUT2D eigenvalue weighted by Crippen LogP contribution is -2.45. The molecular weight excluding hydrogens is 300 g/mol. The molecule has 5 nitrogen and oxygen atoms in total. The minimum absolute atomic E-state index is 0.0485. The predicted molar refractivity (Wildman–Crippen MR) is 85.0 cm³/mol. The molecule has 1 aromatic rings. The third-order valence-corrected chi connectivity index (χ3v) is 5.94. The molecule has 1 aromatic heterocycles. The number of amides is 2. The Kier molecular flexibility index (Phi) is 4.12. The SMILES string of the molecule is CC(Cc1cccs1)NC(=O)N1C[C@@H]2CCC[C@@]2(C(=O)O)C1. The summed E-state index contributed by atoms with van der Waals surface area (Å²) in [7, 11) is 0. The van der Waals surface area contributed by atoms with Crippen molar-refractivity contribution in [1.82, 2.24) is 10.2 Å². The lowest BCUT2D eigenvalue weighted by molar-refractivity contribution is -0.149. The average molecular weight is 322 g/mol. The molecule has 2 amide bonds. The molecule has 0 aromatic carbocycles. The first-order valence-corrected chi connectivity index (χ1v) is 8.70. The van der Waals surface area contributed by atoms with E-state index in [0.717, 1.165) is 19.3 Å². The van der Waals surface area contributed by atoms with Gasteiger partial charge in [-0.1, -0.05) is 12.5 Å². The van der Waals surface area contributed by atoms with Gasteiger partial charge < -0.3 is 15.3 Å². The van der Waals surface area contributed by atoms with Crippen molar-refractivity contribution in [3.8, 4) is 0 Å². The topological polar surface area (TPSA) is 69.6 Å². The van der Waals surface area contributed by atoms with E-state index in [-0.39, 0.29) is 18.0 Å². The molecule has 0 radical (unpaired) electrons. The highest BCUT2D eigenvalue weighted by Crippen LogP contribution is 2.48. The van der Waals surface area contributed by atoms with Gasteiger partial charge in [-0.05, 0) is 37.1 Å². The fourth-order valence-corrected chi connectivity index (χ4v) is 4.71. The number of urea groups is 1. The van der Waals surface area contributed by atoms with Crippen LogP contribution < -0.4 is 5.32 Å². The molecule has 120 valence electrons. The largest absolute Gasteiger partial charge is 0.481 e. The zero-order chi connectivity index (χ0) is 15.7.